The van der Waals surface area contributed by atoms with Crippen molar-refractivity contribution in [3.63, 3.8) is 0 Å². The standard InChI is InChI=1S/C31H40O3S2/c1-33-26-34-23-19-27-18-22-31(30(27)32,20-10-4-12-24-35-28-14-6-2-7-15-28)21-11-5-13-25-36-29-16-8-3-9-17-29/h2-9,12-17,27H,10-11,18-26H2,1H3/b12-4+,13-5+. The fourth-order valence-electron chi connectivity index (χ4n) is 4.82. The van der Waals surface area contributed by atoms with Gasteiger partial charge < -0.3 is 9.47 Å². The Morgan fingerprint density at radius 1 is 0.861 bits per heavy atom. The number of hydrogen-bond donors (Lipinski definition) is 0. The zero-order valence-corrected chi connectivity index (χ0v) is 23.1. The molecule has 3 nitrogen and oxygen atoms in total. The molecule has 0 radical (unpaired) electrons. The van der Waals surface area contributed by atoms with Gasteiger partial charge in [-0.25, -0.2) is 0 Å². The SMILES string of the molecule is COCOCCC1CCC(CC/C=C/CSc2ccccc2)(CC/C=C/CSc2ccccc2)C1=O. The molecule has 36 heavy (non-hydrogen) atoms. The van der Waals surface area contributed by atoms with Crippen molar-refractivity contribution in [2.75, 3.05) is 32.0 Å². The van der Waals surface area contributed by atoms with Crippen molar-refractivity contribution >= 4 is 29.3 Å². The van der Waals surface area contributed by atoms with E-state index in [-0.39, 0.29) is 11.3 Å². The third-order valence-corrected chi connectivity index (χ3v) is 8.70. The van der Waals surface area contributed by atoms with Crippen molar-refractivity contribution in [2.24, 2.45) is 11.3 Å². The number of thioether (sulfide) groups is 2. The van der Waals surface area contributed by atoms with Gasteiger partial charge in [0, 0.05) is 39.7 Å². The van der Waals surface area contributed by atoms with Gasteiger partial charge in [-0.2, -0.15) is 0 Å². The first-order chi connectivity index (χ1) is 17.7. The molecule has 0 saturated heterocycles. The van der Waals surface area contributed by atoms with Crippen LogP contribution in [0.25, 0.3) is 0 Å². The molecule has 0 aromatic heterocycles. The second kappa shape index (κ2) is 16.9. The third kappa shape index (κ3) is 9.93. The van der Waals surface area contributed by atoms with E-state index in [1.54, 1.807) is 7.11 Å². The zero-order chi connectivity index (χ0) is 25.3. The molecule has 2 aromatic rings. The van der Waals surface area contributed by atoms with Crippen molar-refractivity contribution in [3.05, 3.63) is 85.0 Å². The number of rotatable bonds is 17. The van der Waals surface area contributed by atoms with E-state index in [1.807, 2.05) is 35.7 Å². The van der Waals surface area contributed by atoms with Gasteiger partial charge in [0.2, 0.25) is 0 Å². The maximum Gasteiger partial charge on any atom is 0.146 e. The molecule has 1 unspecified atom stereocenters. The molecular weight excluding hydrogens is 484 g/mol. The average Bonchev–Trinajstić information content (AvgIpc) is 3.22. The Morgan fingerprint density at radius 2 is 1.42 bits per heavy atom. The highest BCUT2D eigenvalue weighted by atomic mass is 32.2. The Bertz CT molecular complexity index is 870. The van der Waals surface area contributed by atoms with E-state index in [0.29, 0.717) is 19.2 Å². The van der Waals surface area contributed by atoms with E-state index < -0.39 is 0 Å². The summed E-state index contributed by atoms with van der Waals surface area (Å²) in [6.45, 7) is 0.886. The van der Waals surface area contributed by atoms with Crippen molar-refractivity contribution in [1.29, 1.82) is 0 Å². The first-order valence-electron chi connectivity index (χ1n) is 13.0. The van der Waals surface area contributed by atoms with Gasteiger partial charge in [0.25, 0.3) is 0 Å². The molecule has 0 bridgehead atoms. The molecule has 0 heterocycles. The minimum Gasteiger partial charge on any atom is -0.359 e. The Kier molecular flexibility index (Phi) is 13.5. The fraction of sp³-hybridized carbons (Fsp3) is 0.452. The maximum atomic E-state index is 13.6. The molecule has 0 aliphatic heterocycles. The minimum absolute atomic E-state index is 0.122. The monoisotopic (exact) mass is 524 g/mol. The number of ether oxygens (including phenoxy) is 2. The maximum absolute atomic E-state index is 13.6. The predicted octanol–water partition coefficient (Wildman–Crippen LogP) is 8.22. The lowest BCUT2D eigenvalue weighted by Gasteiger charge is -2.27. The van der Waals surface area contributed by atoms with Gasteiger partial charge in [0.15, 0.2) is 0 Å². The summed E-state index contributed by atoms with van der Waals surface area (Å²) in [6.07, 6.45) is 15.6. The van der Waals surface area contributed by atoms with E-state index >= 15 is 0 Å². The van der Waals surface area contributed by atoms with Crippen LogP contribution in [0.15, 0.2) is 94.8 Å². The van der Waals surface area contributed by atoms with Crippen LogP contribution in [-0.2, 0) is 14.3 Å². The summed E-state index contributed by atoms with van der Waals surface area (Å²) < 4.78 is 10.5. The normalized spacial score (nSPS) is 17.5. The van der Waals surface area contributed by atoms with Crippen molar-refractivity contribution < 1.29 is 14.3 Å². The number of benzene rings is 2. The van der Waals surface area contributed by atoms with E-state index in [1.165, 1.54) is 9.79 Å². The lowest BCUT2D eigenvalue weighted by Crippen LogP contribution is -2.29. The summed E-state index contributed by atoms with van der Waals surface area (Å²) in [7, 11) is 1.63. The highest BCUT2D eigenvalue weighted by Crippen LogP contribution is 2.46. The molecule has 1 aliphatic carbocycles. The van der Waals surface area contributed by atoms with Crippen LogP contribution < -0.4 is 0 Å². The van der Waals surface area contributed by atoms with E-state index in [2.05, 4.69) is 72.8 Å². The minimum atomic E-state index is -0.195. The quantitative estimate of drug-likeness (QED) is 0.0901. The van der Waals surface area contributed by atoms with Crippen LogP contribution in [-0.4, -0.2) is 37.8 Å². The molecule has 5 heteroatoms. The van der Waals surface area contributed by atoms with Crippen LogP contribution in [0, 0.1) is 11.3 Å². The summed E-state index contributed by atoms with van der Waals surface area (Å²) >= 11 is 3.69. The molecule has 0 N–H and O–H groups in total. The first-order valence-corrected chi connectivity index (χ1v) is 15.0. The zero-order valence-electron chi connectivity index (χ0n) is 21.5. The number of carbonyl (C=O) groups is 1. The lowest BCUT2D eigenvalue weighted by molar-refractivity contribution is -0.130. The van der Waals surface area contributed by atoms with Gasteiger partial charge in [0.1, 0.15) is 12.6 Å². The van der Waals surface area contributed by atoms with E-state index in [4.69, 9.17) is 9.47 Å². The van der Waals surface area contributed by atoms with Gasteiger partial charge in [-0.05, 0) is 69.2 Å². The summed E-state index contributed by atoms with van der Waals surface area (Å²) in [5, 5.41) is 0. The molecule has 3 rings (SSSR count). The summed E-state index contributed by atoms with van der Waals surface area (Å²) in [5.41, 5.74) is -0.195. The van der Waals surface area contributed by atoms with Crippen LogP contribution in [0.5, 0.6) is 0 Å². The number of carbonyl (C=O) groups excluding carboxylic acids is 1. The van der Waals surface area contributed by atoms with Crippen LogP contribution >= 0.6 is 23.5 Å². The highest BCUT2D eigenvalue weighted by molar-refractivity contribution is 7.99. The second-order valence-electron chi connectivity index (χ2n) is 9.25. The predicted molar refractivity (Wildman–Crippen MR) is 154 cm³/mol. The largest absolute Gasteiger partial charge is 0.359 e. The van der Waals surface area contributed by atoms with Crippen LogP contribution in [0.1, 0.15) is 44.9 Å². The summed E-state index contributed by atoms with van der Waals surface area (Å²) in [4.78, 5) is 16.1. The molecule has 1 aliphatic rings. The van der Waals surface area contributed by atoms with Crippen LogP contribution in [0.3, 0.4) is 0 Å². The molecule has 1 fully saturated rings. The van der Waals surface area contributed by atoms with Gasteiger partial charge in [-0.15, -0.1) is 23.5 Å². The second-order valence-corrected chi connectivity index (χ2v) is 11.4. The van der Waals surface area contributed by atoms with Crippen LogP contribution in [0.4, 0.5) is 0 Å². The highest BCUT2D eigenvalue weighted by Gasteiger charge is 2.45. The number of ketones is 1. The molecule has 0 amide bonds. The average molecular weight is 525 g/mol. The molecule has 1 saturated carbocycles. The Labute approximate surface area is 226 Å². The molecule has 0 spiro atoms. The molecule has 194 valence electrons. The smallest absolute Gasteiger partial charge is 0.146 e. The van der Waals surface area contributed by atoms with Gasteiger partial charge in [-0.1, -0.05) is 60.7 Å². The van der Waals surface area contributed by atoms with Gasteiger partial charge >= 0.3 is 0 Å². The van der Waals surface area contributed by atoms with Gasteiger partial charge in [-0.3, -0.25) is 4.79 Å². The fourth-order valence-corrected chi connectivity index (χ4v) is 6.36. The van der Waals surface area contributed by atoms with E-state index in [9.17, 15) is 4.79 Å². The van der Waals surface area contributed by atoms with Crippen molar-refractivity contribution in [2.45, 2.75) is 54.7 Å². The third-order valence-electron chi connectivity index (χ3n) is 6.77. The van der Waals surface area contributed by atoms with Crippen molar-refractivity contribution in [3.8, 4) is 0 Å². The van der Waals surface area contributed by atoms with Gasteiger partial charge in [0.05, 0.1) is 6.61 Å². The number of hydrogen-bond acceptors (Lipinski definition) is 5. The van der Waals surface area contributed by atoms with Crippen molar-refractivity contribution in [1.82, 2.24) is 0 Å². The topological polar surface area (TPSA) is 35.5 Å². The molecule has 2 aromatic carbocycles. The first kappa shape index (κ1) is 28.8. The Morgan fingerprint density at radius 3 is 1.94 bits per heavy atom. The summed E-state index contributed by atoms with van der Waals surface area (Å²) in [6, 6.07) is 21.0. The molecule has 1 atom stereocenters. The lowest BCUT2D eigenvalue weighted by atomic mass is 9.75. The molecular formula is C31H40O3S2. The Hall–Kier alpha value is -1.79. The van der Waals surface area contributed by atoms with Crippen LogP contribution in [0.2, 0.25) is 0 Å². The number of methoxy groups -OCH3 is 1. The Balaban J connectivity index is 1.48. The number of Topliss-reactive ketones (excluding diaryl/α,β-unsaturated/α-hetero) is 1. The summed E-state index contributed by atoms with van der Waals surface area (Å²) in [5.74, 6) is 2.51. The number of allylic oxidation sites excluding steroid dienone is 2. The van der Waals surface area contributed by atoms with E-state index in [0.717, 1.165) is 56.5 Å².